The molecule has 2 heterocycles. The molecule has 0 aromatic heterocycles. The Morgan fingerprint density at radius 2 is 1.82 bits per heavy atom. The minimum atomic E-state index is -1.09. The maximum Gasteiger partial charge on any atom is 0.279 e. The number of nitrogens with zero attached hydrogens (tertiary/aromatic N) is 2. The number of anilines is 1. The van der Waals surface area contributed by atoms with Gasteiger partial charge in [0.2, 0.25) is 5.91 Å². The van der Waals surface area contributed by atoms with Gasteiger partial charge in [-0.3, -0.25) is 34.9 Å². The first kappa shape index (κ1) is 22.3. The first-order valence-electron chi connectivity index (χ1n) is 10.5. The minimum absolute atomic E-state index is 0.0945. The average Bonchev–Trinajstić information content (AvgIpc) is 3.11. The summed E-state index contributed by atoms with van der Waals surface area (Å²) in [6.45, 7) is 2.76. The SMILES string of the molecule is CC(Oc1ccccc1F)C(=O)NNC(=O)CN1C(=O)c2ccccc2N2C(=O)CCC12C. The van der Waals surface area contributed by atoms with Crippen LogP contribution in [0.3, 0.4) is 0 Å². The third-order valence-corrected chi connectivity index (χ3v) is 5.88. The molecule has 2 atom stereocenters. The number of fused-ring (bicyclic) bond motifs is 3. The van der Waals surface area contributed by atoms with E-state index in [2.05, 4.69) is 10.9 Å². The molecule has 2 aliphatic heterocycles. The predicted molar refractivity (Wildman–Crippen MR) is 115 cm³/mol. The number of halogens is 1. The van der Waals surface area contributed by atoms with Crippen LogP contribution < -0.4 is 20.5 Å². The normalized spacial score (nSPS) is 20.1. The van der Waals surface area contributed by atoms with E-state index in [-0.39, 0.29) is 30.5 Å². The fourth-order valence-electron chi connectivity index (χ4n) is 4.14. The minimum Gasteiger partial charge on any atom is -0.478 e. The Morgan fingerprint density at radius 1 is 1.12 bits per heavy atom. The number of ether oxygens (including phenoxy) is 1. The summed E-state index contributed by atoms with van der Waals surface area (Å²) in [5.41, 5.74) is 4.33. The van der Waals surface area contributed by atoms with Crippen LogP contribution in [-0.2, 0) is 14.4 Å². The van der Waals surface area contributed by atoms with E-state index in [4.69, 9.17) is 4.74 Å². The number of hydrazine groups is 1. The number of rotatable bonds is 5. The highest BCUT2D eigenvalue weighted by atomic mass is 19.1. The molecule has 33 heavy (non-hydrogen) atoms. The number of hydrogen-bond donors (Lipinski definition) is 2. The Labute approximate surface area is 189 Å². The lowest BCUT2D eigenvalue weighted by atomic mass is 9.98. The molecule has 4 rings (SSSR count). The predicted octanol–water partition coefficient (Wildman–Crippen LogP) is 1.74. The number of carbonyl (C=O) groups excluding carboxylic acids is 4. The molecule has 9 nitrogen and oxygen atoms in total. The molecule has 1 fully saturated rings. The van der Waals surface area contributed by atoms with E-state index in [1.54, 1.807) is 42.2 Å². The van der Waals surface area contributed by atoms with Crippen molar-refractivity contribution in [1.29, 1.82) is 0 Å². The van der Waals surface area contributed by atoms with E-state index in [0.29, 0.717) is 17.7 Å². The molecule has 0 spiro atoms. The summed E-state index contributed by atoms with van der Waals surface area (Å²) >= 11 is 0. The van der Waals surface area contributed by atoms with Gasteiger partial charge in [-0.05, 0) is 44.5 Å². The van der Waals surface area contributed by atoms with Crippen LogP contribution in [0.4, 0.5) is 10.1 Å². The number of amides is 4. The van der Waals surface area contributed by atoms with Crippen molar-refractivity contribution in [2.75, 3.05) is 11.4 Å². The maximum atomic E-state index is 13.7. The second-order valence-corrected chi connectivity index (χ2v) is 8.08. The van der Waals surface area contributed by atoms with Gasteiger partial charge in [0.15, 0.2) is 17.7 Å². The molecule has 0 saturated carbocycles. The second-order valence-electron chi connectivity index (χ2n) is 8.08. The lowest BCUT2D eigenvalue weighted by molar-refractivity contribution is -0.133. The lowest BCUT2D eigenvalue weighted by Crippen LogP contribution is -2.64. The zero-order valence-corrected chi connectivity index (χ0v) is 18.1. The van der Waals surface area contributed by atoms with E-state index in [1.807, 2.05) is 0 Å². The van der Waals surface area contributed by atoms with E-state index in [1.165, 1.54) is 30.0 Å². The zero-order chi connectivity index (χ0) is 23.8. The molecule has 2 N–H and O–H groups in total. The first-order chi connectivity index (χ1) is 15.7. The molecule has 10 heteroatoms. The summed E-state index contributed by atoms with van der Waals surface area (Å²) in [7, 11) is 0. The molecule has 2 aromatic rings. The highest BCUT2D eigenvalue weighted by Crippen LogP contribution is 2.43. The average molecular weight is 454 g/mol. The Morgan fingerprint density at radius 3 is 2.58 bits per heavy atom. The summed E-state index contributed by atoms with van der Waals surface area (Å²) in [6.07, 6.45) is -0.470. The molecule has 172 valence electrons. The van der Waals surface area contributed by atoms with Crippen molar-refractivity contribution in [2.24, 2.45) is 0 Å². The third-order valence-electron chi connectivity index (χ3n) is 5.88. The van der Waals surface area contributed by atoms with Crippen molar-refractivity contribution in [1.82, 2.24) is 15.8 Å². The third kappa shape index (κ3) is 3.99. The summed E-state index contributed by atoms with van der Waals surface area (Å²) in [4.78, 5) is 53.5. The summed E-state index contributed by atoms with van der Waals surface area (Å²) in [6, 6.07) is 12.4. The summed E-state index contributed by atoms with van der Waals surface area (Å²) in [5, 5.41) is 0. The van der Waals surface area contributed by atoms with Gasteiger partial charge in [0.1, 0.15) is 12.2 Å². The number of para-hydroxylation sites is 2. The molecule has 2 aromatic carbocycles. The van der Waals surface area contributed by atoms with Crippen molar-refractivity contribution in [3.05, 3.63) is 59.9 Å². The van der Waals surface area contributed by atoms with Crippen LogP contribution in [0.15, 0.2) is 48.5 Å². The fraction of sp³-hybridized carbons (Fsp3) is 0.304. The van der Waals surface area contributed by atoms with E-state index in [9.17, 15) is 23.6 Å². The van der Waals surface area contributed by atoms with Gasteiger partial charge in [0.05, 0.1) is 11.3 Å². The van der Waals surface area contributed by atoms with Crippen LogP contribution in [-0.4, -0.2) is 46.8 Å². The maximum absolute atomic E-state index is 13.7. The fourth-order valence-corrected chi connectivity index (χ4v) is 4.14. The van der Waals surface area contributed by atoms with Gasteiger partial charge in [-0.1, -0.05) is 24.3 Å². The molecular weight excluding hydrogens is 431 g/mol. The van der Waals surface area contributed by atoms with Crippen molar-refractivity contribution in [3.63, 3.8) is 0 Å². The molecule has 1 saturated heterocycles. The Bertz CT molecular complexity index is 1140. The molecule has 0 aliphatic carbocycles. The quantitative estimate of drug-likeness (QED) is 0.670. The molecule has 0 radical (unpaired) electrons. The second kappa shape index (κ2) is 8.53. The van der Waals surface area contributed by atoms with Gasteiger partial charge in [-0.2, -0.15) is 0 Å². The van der Waals surface area contributed by atoms with Gasteiger partial charge in [0, 0.05) is 6.42 Å². The lowest BCUT2D eigenvalue weighted by Gasteiger charge is -2.48. The Hall–Kier alpha value is -3.95. The topological polar surface area (TPSA) is 108 Å². The van der Waals surface area contributed by atoms with Gasteiger partial charge in [-0.15, -0.1) is 0 Å². The number of carbonyl (C=O) groups is 4. The van der Waals surface area contributed by atoms with Crippen LogP contribution in [0.25, 0.3) is 0 Å². The van der Waals surface area contributed by atoms with Crippen molar-refractivity contribution in [2.45, 2.75) is 38.5 Å². The molecule has 2 aliphatic rings. The first-order valence-corrected chi connectivity index (χ1v) is 10.5. The number of nitrogens with one attached hydrogen (secondary N) is 2. The van der Waals surface area contributed by atoms with Crippen LogP contribution in [0.1, 0.15) is 37.0 Å². The molecule has 4 amide bonds. The van der Waals surface area contributed by atoms with Crippen LogP contribution >= 0.6 is 0 Å². The van der Waals surface area contributed by atoms with Crippen LogP contribution in [0.5, 0.6) is 5.75 Å². The van der Waals surface area contributed by atoms with Crippen molar-refractivity contribution < 1.29 is 28.3 Å². The largest absolute Gasteiger partial charge is 0.478 e. The highest BCUT2D eigenvalue weighted by molar-refractivity contribution is 6.11. The highest BCUT2D eigenvalue weighted by Gasteiger charge is 2.53. The number of benzene rings is 2. The van der Waals surface area contributed by atoms with Gasteiger partial charge >= 0.3 is 0 Å². The number of hydrogen-bond acceptors (Lipinski definition) is 5. The zero-order valence-electron chi connectivity index (χ0n) is 18.1. The standard InChI is InChI=1S/C23H23FN4O5/c1-14(33-18-10-6-4-8-16(18)24)21(31)26-25-19(29)13-27-22(32)15-7-3-5-9-17(15)28-20(30)11-12-23(27,28)2/h3-10,14H,11-13H2,1-2H3,(H,25,29)(H,26,31). The van der Waals surface area contributed by atoms with Gasteiger partial charge in [0.25, 0.3) is 17.7 Å². The van der Waals surface area contributed by atoms with Gasteiger partial charge < -0.3 is 9.64 Å². The van der Waals surface area contributed by atoms with Crippen LogP contribution in [0.2, 0.25) is 0 Å². The van der Waals surface area contributed by atoms with Crippen molar-refractivity contribution in [3.8, 4) is 5.75 Å². The monoisotopic (exact) mass is 454 g/mol. The summed E-state index contributed by atoms with van der Waals surface area (Å²) in [5.74, 6) is -2.58. The van der Waals surface area contributed by atoms with Gasteiger partial charge in [-0.25, -0.2) is 4.39 Å². The molecule has 0 bridgehead atoms. The van der Waals surface area contributed by atoms with Crippen LogP contribution in [0, 0.1) is 5.82 Å². The van der Waals surface area contributed by atoms with E-state index in [0.717, 1.165) is 0 Å². The molecule has 2 unspecified atom stereocenters. The summed E-state index contributed by atoms with van der Waals surface area (Å²) < 4.78 is 19.0. The Kier molecular flexibility index (Phi) is 5.75. The molecular formula is C23H23FN4O5. The van der Waals surface area contributed by atoms with Crippen molar-refractivity contribution >= 4 is 29.3 Å². The smallest absolute Gasteiger partial charge is 0.279 e. The Balaban J connectivity index is 1.42. The van der Waals surface area contributed by atoms with E-state index < -0.39 is 29.4 Å². The van der Waals surface area contributed by atoms with E-state index >= 15 is 0 Å².